The minimum Gasteiger partial charge on any atom is -0.414 e. The molecule has 0 radical (unpaired) electrons. The van der Waals surface area contributed by atoms with Crippen LogP contribution in [0.5, 0.6) is 0 Å². The molecule has 4 nitrogen and oxygen atoms in total. The van der Waals surface area contributed by atoms with Crippen molar-refractivity contribution < 1.29 is 18.7 Å². The fraction of sp³-hybridized carbons (Fsp3) is 0.842. The van der Waals surface area contributed by atoms with E-state index in [0.29, 0.717) is 18.4 Å². The quantitative estimate of drug-likeness (QED) is 0.211. The summed E-state index contributed by atoms with van der Waals surface area (Å²) >= 11 is 0. The van der Waals surface area contributed by atoms with E-state index in [9.17, 15) is 5.11 Å². The lowest BCUT2D eigenvalue weighted by molar-refractivity contribution is -0.0851. The summed E-state index contributed by atoms with van der Waals surface area (Å²) < 4.78 is 21.1. The van der Waals surface area contributed by atoms with E-state index in [1.165, 1.54) is 5.57 Å². The number of fused-ring (bicyclic) bond motifs is 5. The molecule has 2 saturated carbocycles. The Balaban J connectivity index is 1.71. The van der Waals surface area contributed by atoms with Gasteiger partial charge in [-0.05, 0) is 119 Å². The SMILES string of the molecule is CC(C)(O)COC(C)(C)C1=CC[C@H]2C3=CC=C4C[C@@H](O[Si](C)(C)C(C)(C)C)C[C@H](O[Si](C)(C)C(C)(C)C)[C@]4(C)[C@H]3CC[C@]12C. The molecule has 4 rings (SSSR count). The first-order valence-electron chi connectivity index (χ1n) is 17.5. The highest BCUT2D eigenvalue weighted by Gasteiger charge is 2.60. The van der Waals surface area contributed by atoms with E-state index in [-0.39, 0.29) is 33.1 Å². The van der Waals surface area contributed by atoms with Gasteiger partial charge < -0.3 is 18.7 Å². The summed E-state index contributed by atoms with van der Waals surface area (Å²) in [5.74, 6) is 0.961. The number of hydrogen-bond acceptors (Lipinski definition) is 4. The standard InChI is InChI=1S/C38H68O4Si2/c1-33(2,3)43(13,14)41-27-23-26-17-18-28-29-19-20-31(36(9,10)40-25-35(7,8)39)37(29,11)22-21-30(28)38(26,12)32(24-27)42-44(15,16)34(4,5)6/h17-18,20,27,29-30,32,39H,19,21-25H2,1-16H3/t27-,29+,30+,32+,37+,38+/m1/s1. The second-order valence-electron chi connectivity index (χ2n) is 19.5. The Morgan fingerprint density at radius 1 is 0.841 bits per heavy atom. The van der Waals surface area contributed by atoms with Gasteiger partial charge in [0.25, 0.3) is 0 Å². The van der Waals surface area contributed by atoms with Crippen molar-refractivity contribution in [2.24, 2.45) is 22.7 Å². The summed E-state index contributed by atoms with van der Waals surface area (Å²) in [5.41, 5.74) is 3.37. The third-order valence-electron chi connectivity index (χ3n) is 13.1. The van der Waals surface area contributed by atoms with Gasteiger partial charge in [-0.25, -0.2) is 0 Å². The van der Waals surface area contributed by atoms with Crippen LogP contribution in [0.25, 0.3) is 0 Å². The normalized spacial score (nSPS) is 33.6. The monoisotopic (exact) mass is 644 g/mol. The van der Waals surface area contributed by atoms with Crippen molar-refractivity contribution in [3.8, 4) is 0 Å². The Labute approximate surface area is 273 Å². The number of hydrogen-bond donors (Lipinski definition) is 1. The molecule has 252 valence electrons. The predicted octanol–water partition coefficient (Wildman–Crippen LogP) is 10.4. The van der Waals surface area contributed by atoms with Crippen molar-refractivity contribution in [3.63, 3.8) is 0 Å². The zero-order valence-corrected chi connectivity index (χ0v) is 33.5. The summed E-state index contributed by atoms with van der Waals surface area (Å²) in [6, 6.07) is 0. The summed E-state index contributed by atoms with van der Waals surface area (Å²) in [6.07, 6.45) is 13.2. The van der Waals surface area contributed by atoms with Gasteiger partial charge in [0.15, 0.2) is 16.6 Å². The van der Waals surface area contributed by atoms with Gasteiger partial charge in [-0.15, -0.1) is 0 Å². The van der Waals surface area contributed by atoms with Gasteiger partial charge in [0, 0.05) is 5.41 Å². The third-order valence-corrected chi connectivity index (χ3v) is 22.2. The average molecular weight is 645 g/mol. The van der Waals surface area contributed by atoms with Crippen LogP contribution in [0.2, 0.25) is 36.3 Å². The summed E-state index contributed by atoms with van der Waals surface area (Å²) in [7, 11) is -3.96. The number of rotatable bonds is 8. The fourth-order valence-electron chi connectivity index (χ4n) is 8.35. The van der Waals surface area contributed by atoms with Gasteiger partial charge in [0.05, 0.1) is 30.0 Å². The molecular weight excluding hydrogens is 577 g/mol. The number of allylic oxidation sites excluding steroid dienone is 4. The zero-order chi connectivity index (χ0) is 33.5. The van der Waals surface area contributed by atoms with Crippen LogP contribution >= 0.6 is 0 Å². The first-order chi connectivity index (χ1) is 19.7. The van der Waals surface area contributed by atoms with E-state index in [1.54, 1.807) is 11.1 Å². The van der Waals surface area contributed by atoms with Crippen LogP contribution in [0.1, 0.15) is 115 Å². The van der Waals surface area contributed by atoms with Crippen molar-refractivity contribution in [3.05, 3.63) is 34.9 Å². The van der Waals surface area contributed by atoms with Crippen LogP contribution in [0.3, 0.4) is 0 Å². The van der Waals surface area contributed by atoms with E-state index in [1.807, 2.05) is 13.8 Å². The highest BCUT2D eigenvalue weighted by molar-refractivity contribution is 6.74. The first-order valence-corrected chi connectivity index (χ1v) is 23.3. The smallest absolute Gasteiger partial charge is 0.192 e. The Hall–Kier alpha value is -0.506. The minimum absolute atomic E-state index is 0.0239. The van der Waals surface area contributed by atoms with Crippen LogP contribution in [0, 0.1) is 22.7 Å². The molecule has 0 aliphatic heterocycles. The maximum Gasteiger partial charge on any atom is 0.192 e. The van der Waals surface area contributed by atoms with Crippen LogP contribution in [0.4, 0.5) is 0 Å². The molecule has 0 unspecified atom stereocenters. The average Bonchev–Trinajstić information content (AvgIpc) is 3.19. The van der Waals surface area contributed by atoms with Crippen LogP contribution in [-0.4, -0.2) is 51.8 Å². The molecule has 44 heavy (non-hydrogen) atoms. The summed E-state index contributed by atoms with van der Waals surface area (Å²) in [4.78, 5) is 0. The van der Waals surface area contributed by atoms with Gasteiger partial charge in [0.2, 0.25) is 0 Å². The molecule has 0 aromatic heterocycles. The molecule has 4 aliphatic rings. The van der Waals surface area contributed by atoms with Crippen LogP contribution in [0.15, 0.2) is 34.9 Å². The molecule has 0 amide bonds. The van der Waals surface area contributed by atoms with E-state index in [4.69, 9.17) is 13.6 Å². The molecule has 0 saturated heterocycles. The molecule has 6 atom stereocenters. The molecule has 1 N–H and O–H groups in total. The molecule has 0 spiro atoms. The van der Waals surface area contributed by atoms with Gasteiger partial charge in [-0.1, -0.05) is 84.8 Å². The van der Waals surface area contributed by atoms with Crippen LogP contribution < -0.4 is 0 Å². The Bertz CT molecular complexity index is 1190. The lowest BCUT2D eigenvalue weighted by Gasteiger charge is -2.59. The highest BCUT2D eigenvalue weighted by atomic mass is 28.4. The minimum atomic E-state index is -2.04. The first kappa shape index (κ1) is 36.3. The molecule has 6 heteroatoms. The van der Waals surface area contributed by atoms with E-state index in [2.05, 4.69) is 114 Å². The van der Waals surface area contributed by atoms with E-state index < -0.39 is 27.8 Å². The van der Waals surface area contributed by atoms with Crippen molar-refractivity contribution >= 4 is 16.6 Å². The van der Waals surface area contributed by atoms with Gasteiger partial charge in [0.1, 0.15) is 0 Å². The van der Waals surface area contributed by atoms with Gasteiger partial charge in [-0.3, -0.25) is 0 Å². The number of ether oxygens (including phenoxy) is 1. The topological polar surface area (TPSA) is 47.9 Å². The second kappa shape index (κ2) is 11.3. The van der Waals surface area contributed by atoms with Gasteiger partial charge in [-0.2, -0.15) is 0 Å². The Kier molecular flexibility index (Phi) is 9.32. The molecular formula is C38H68O4Si2. The van der Waals surface area contributed by atoms with E-state index >= 15 is 0 Å². The molecule has 0 aromatic carbocycles. The largest absolute Gasteiger partial charge is 0.414 e. The number of aliphatic hydroxyl groups is 1. The summed E-state index contributed by atoms with van der Waals surface area (Å²) in [6.45, 7) is 37.3. The van der Waals surface area contributed by atoms with Crippen molar-refractivity contribution in [2.75, 3.05) is 6.61 Å². The highest BCUT2D eigenvalue weighted by Crippen LogP contribution is 2.66. The van der Waals surface area contributed by atoms with E-state index in [0.717, 1.165) is 32.1 Å². The zero-order valence-electron chi connectivity index (χ0n) is 31.5. The maximum atomic E-state index is 10.4. The van der Waals surface area contributed by atoms with Crippen molar-refractivity contribution in [1.29, 1.82) is 0 Å². The Morgan fingerprint density at radius 3 is 1.95 bits per heavy atom. The molecule has 0 bridgehead atoms. The Morgan fingerprint density at radius 2 is 1.41 bits per heavy atom. The third kappa shape index (κ3) is 6.48. The summed E-state index contributed by atoms with van der Waals surface area (Å²) in [5, 5.41) is 10.7. The lowest BCUT2D eigenvalue weighted by atomic mass is 9.49. The van der Waals surface area contributed by atoms with Crippen LogP contribution in [-0.2, 0) is 13.6 Å². The lowest BCUT2D eigenvalue weighted by Crippen LogP contribution is -2.58. The molecule has 2 fully saturated rings. The maximum absolute atomic E-state index is 10.4. The molecule has 4 aliphatic carbocycles. The fourth-order valence-corrected chi connectivity index (χ4v) is 11.1. The second-order valence-corrected chi connectivity index (χ2v) is 29.0. The van der Waals surface area contributed by atoms with Gasteiger partial charge >= 0.3 is 0 Å². The molecule has 0 heterocycles. The predicted molar refractivity (Wildman–Crippen MR) is 191 cm³/mol. The van der Waals surface area contributed by atoms with Crippen molar-refractivity contribution in [2.45, 2.75) is 175 Å². The van der Waals surface area contributed by atoms with Crippen molar-refractivity contribution in [1.82, 2.24) is 0 Å². The molecule has 0 aromatic rings.